The molecule has 1 fully saturated rings. The lowest BCUT2D eigenvalue weighted by atomic mass is 10.1. The van der Waals surface area contributed by atoms with E-state index in [1.54, 1.807) is 30.5 Å². The maximum absolute atomic E-state index is 12.3. The summed E-state index contributed by atoms with van der Waals surface area (Å²) in [5, 5.41) is 18.7. The van der Waals surface area contributed by atoms with Gasteiger partial charge in [-0.15, -0.1) is 0 Å². The lowest BCUT2D eigenvalue weighted by molar-refractivity contribution is 0.243. The van der Waals surface area contributed by atoms with E-state index in [9.17, 15) is 4.79 Å². The number of aromatic nitrogens is 3. The molecule has 1 aliphatic rings. The van der Waals surface area contributed by atoms with Crippen molar-refractivity contribution in [2.24, 2.45) is 0 Å². The number of amides is 2. The molecule has 9 heteroatoms. The predicted octanol–water partition coefficient (Wildman–Crippen LogP) is 2.57. The van der Waals surface area contributed by atoms with Crippen LogP contribution in [0.1, 0.15) is 23.9 Å². The second kappa shape index (κ2) is 8.08. The molecule has 1 aliphatic heterocycles. The first-order chi connectivity index (χ1) is 14.1. The predicted molar refractivity (Wildman–Crippen MR) is 105 cm³/mol. The zero-order chi connectivity index (χ0) is 20.2. The van der Waals surface area contributed by atoms with E-state index in [4.69, 9.17) is 9.78 Å². The number of nitriles is 1. The van der Waals surface area contributed by atoms with E-state index >= 15 is 0 Å². The van der Waals surface area contributed by atoms with Crippen LogP contribution in [-0.4, -0.2) is 45.7 Å². The second-order valence-electron chi connectivity index (χ2n) is 6.85. The largest absolute Gasteiger partial charge is 0.337 e. The Morgan fingerprint density at radius 2 is 2.21 bits per heavy atom. The zero-order valence-electron chi connectivity index (χ0n) is 15.7. The molecule has 0 radical (unpaired) electrons. The van der Waals surface area contributed by atoms with E-state index in [1.807, 2.05) is 25.2 Å². The van der Waals surface area contributed by atoms with Crippen molar-refractivity contribution in [2.75, 3.05) is 18.9 Å². The molecule has 2 amide bonds. The Kier molecular flexibility index (Phi) is 5.18. The van der Waals surface area contributed by atoms with E-state index in [0.717, 1.165) is 0 Å². The number of hydrogen-bond donors (Lipinski definition) is 2. The molecular weight excluding hydrogens is 370 g/mol. The summed E-state index contributed by atoms with van der Waals surface area (Å²) in [6.45, 7) is 0.650. The van der Waals surface area contributed by atoms with Gasteiger partial charge in [0.25, 0.3) is 0 Å². The van der Waals surface area contributed by atoms with Gasteiger partial charge < -0.3 is 15.2 Å². The Balaban J connectivity index is 1.38. The number of nitrogens with one attached hydrogen (secondary N) is 2. The number of carbonyl (C=O) groups is 1. The van der Waals surface area contributed by atoms with Crippen molar-refractivity contribution in [2.45, 2.75) is 18.5 Å². The molecule has 2 N–H and O–H groups in total. The SMILES string of the molecule is CN1C[C@@H](NC(=O)Nc2cccc(C#N)c2)C[C@H]1c1nc(-c2ccccn2)no1. The highest BCUT2D eigenvalue weighted by Gasteiger charge is 2.35. The maximum Gasteiger partial charge on any atom is 0.319 e. The van der Waals surface area contributed by atoms with Crippen LogP contribution in [0.5, 0.6) is 0 Å². The van der Waals surface area contributed by atoms with Crippen LogP contribution in [0, 0.1) is 11.3 Å². The van der Waals surface area contributed by atoms with Gasteiger partial charge in [-0.2, -0.15) is 10.2 Å². The first kappa shape index (κ1) is 18.6. The smallest absolute Gasteiger partial charge is 0.319 e. The van der Waals surface area contributed by atoms with Crippen LogP contribution in [0.15, 0.2) is 53.2 Å². The van der Waals surface area contributed by atoms with Crippen molar-refractivity contribution in [1.29, 1.82) is 5.26 Å². The monoisotopic (exact) mass is 389 g/mol. The number of hydrogen-bond acceptors (Lipinski definition) is 7. The minimum atomic E-state index is -0.321. The number of nitrogens with zero attached hydrogens (tertiary/aromatic N) is 5. The lowest BCUT2D eigenvalue weighted by Gasteiger charge is -2.14. The fourth-order valence-electron chi connectivity index (χ4n) is 3.38. The van der Waals surface area contributed by atoms with Gasteiger partial charge in [0.05, 0.1) is 17.7 Å². The molecular formula is C20H19N7O2. The van der Waals surface area contributed by atoms with Gasteiger partial charge >= 0.3 is 6.03 Å². The third kappa shape index (κ3) is 4.23. The Labute approximate surface area is 167 Å². The third-order valence-electron chi connectivity index (χ3n) is 4.75. The van der Waals surface area contributed by atoms with Crippen LogP contribution in [0.4, 0.5) is 10.5 Å². The van der Waals surface area contributed by atoms with Crippen LogP contribution >= 0.6 is 0 Å². The van der Waals surface area contributed by atoms with E-state index in [2.05, 4.69) is 36.7 Å². The molecule has 0 bridgehead atoms. The molecule has 146 valence electrons. The number of rotatable bonds is 4. The summed E-state index contributed by atoms with van der Waals surface area (Å²) in [4.78, 5) is 23.1. The number of carbonyl (C=O) groups excluding carboxylic acids is 1. The summed E-state index contributed by atoms with van der Waals surface area (Å²) in [6.07, 6.45) is 2.32. The number of likely N-dealkylation sites (tertiary alicyclic amines) is 1. The molecule has 1 saturated heterocycles. The van der Waals surface area contributed by atoms with Gasteiger partial charge in [-0.3, -0.25) is 9.88 Å². The van der Waals surface area contributed by atoms with E-state index in [-0.39, 0.29) is 18.1 Å². The number of anilines is 1. The van der Waals surface area contributed by atoms with Crippen LogP contribution in [0.2, 0.25) is 0 Å². The highest BCUT2D eigenvalue weighted by molar-refractivity contribution is 5.89. The van der Waals surface area contributed by atoms with Crippen molar-refractivity contribution in [3.63, 3.8) is 0 Å². The lowest BCUT2D eigenvalue weighted by Crippen LogP contribution is -2.39. The Morgan fingerprint density at radius 3 is 3.00 bits per heavy atom. The molecule has 2 atom stereocenters. The summed E-state index contributed by atoms with van der Waals surface area (Å²) < 4.78 is 5.45. The number of likely N-dealkylation sites (N-methyl/N-ethyl adjacent to an activating group) is 1. The van der Waals surface area contributed by atoms with Crippen LogP contribution < -0.4 is 10.6 Å². The molecule has 9 nitrogen and oxygen atoms in total. The molecule has 3 heterocycles. The van der Waals surface area contributed by atoms with Gasteiger partial charge in [-0.1, -0.05) is 17.3 Å². The third-order valence-corrected chi connectivity index (χ3v) is 4.75. The molecule has 0 saturated carbocycles. The summed E-state index contributed by atoms with van der Waals surface area (Å²) in [7, 11) is 1.95. The van der Waals surface area contributed by atoms with Gasteiger partial charge in [-0.05, 0) is 43.8 Å². The summed E-state index contributed by atoms with van der Waals surface area (Å²) in [6, 6.07) is 13.9. The summed E-state index contributed by atoms with van der Waals surface area (Å²) in [5.74, 6) is 0.945. The first-order valence-corrected chi connectivity index (χ1v) is 9.15. The van der Waals surface area contributed by atoms with Crippen LogP contribution in [0.3, 0.4) is 0 Å². The van der Waals surface area contributed by atoms with Crippen LogP contribution in [-0.2, 0) is 0 Å². The number of pyridine rings is 1. The van der Waals surface area contributed by atoms with E-state index in [1.165, 1.54) is 0 Å². The highest BCUT2D eigenvalue weighted by Crippen LogP contribution is 2.30. The van der Waals surface area contributed by atoms with Gasteiger partial charge in [0.15, 0.2) is 0 Å². The average molecular weight is 389 g/mol. The van der Waals surface area contributed by atoms with Gasteiger partial charge in [0, 0.05) is 24.5 Å². The molecule has 0 unspecified atom stereocenters. The minimum Gasteiger partial charge on any atom is -0.337 e. The second-order valence-corrected chi connectivity index (χ2v) is 6.85. The fraction of sp³-hybridized carbons (Fsp3) is 0.250. The van der Waals surface area contributed by atoms with Crippen molar-refractivity contribution in [3.8, 4) is 17.6 Å². The van der Waals surface area contributed by atoms with Crippen molar-refractivity contribution in [1.82, 2.24) is 25.3 Å². The minimum absolute atomic E-state index is 0.0747. The first-order valence-electron chi connectivity index (χ1n) is 9.15. The highest BCUT2D eigenvalue weighted by atomic mass is 16.5. The van der Waals surface area contributed by atoms with E-state index in [0.29, 0.717) is 41.6 Å². The van der Waals surface area contributed by atoms with Crippen LogP contribution in [0.25, 0.3) is 11.5 Å². The standard InChI is InChI=1S/C20H19N7O2/c1-27-12-15(24-20(28)23-14-6-4-5-13(9-14)11-21)10-17(27)19-25-18(26-29-19)16-7-2-3-8-22-16/h2-9,15,17H,10,12H2,1H3,(H2,23,24,28)/t15-,17-/m0/s1. The summed E-state index contributed by atoms with van der Waals surface area (Å²) in [5.41, 5.74) is 1.71. The molecule has 0 aliphatic carbocycles. The Hall–Kier alpha value is -3.77. The summed E-state index contributed by atoms with van der Waals surface area (Å²) >= 11 is 0. The fourth-order valence-corrected chi connectivity index (χ4v) is 3.38. The van der Waals surface area contributed by atoms with Gasteiger partial charge in [0.2, 0.25) is 11.7 Å². The topological polar surface area (TPSA) is 120 Å². The van der Waals surface area contributed by atoms with Gasteiger partial charge in [0.1, 0.15) is 5.69 Å². The Morgan fingerprint density at radius 1 is 1.31 bits per heavy atom. The number of urea groups is 1. The molecule has 3 aromatic rings. The molecule has 4 rings (SSSR count). The van der Waals surface area contributed by atoms with Crippen molar-refractivity contribution in [3.05, 3.63) is 60.1 Å². The zero-order valence-corrected chi connectivity index (χ0v) is 15.7. The van der Waals surface area contributed by atoms with Crippen molar-refractivity contribution < 1.29 is 9.32 Å². The average Bonchev–Trinajstić information content (AvgIpc) is 3.35. The van der Waals surface area contributed by atoms with E-state index < -0.39 is 0 Å². The maximum atomic E-state index is 12.3. The molecule has 1 aromatic carbocycles. The normalized spacial score (nSPS) is 18.9. The Bertz CT molecular complexity index is 1040. The molecule has 0 spiro atoms. The number of benzene rings is 1. The quantitative estimate of drug-likeness (QED) is 0.703. The molecule has 29 heavy (non-hydrogen) atoms. The van der Waals surface area contributed by atoms with Gasteiger partial charge in [-0.25, -0.2) is 4.79 Å². The van der Waals surface area contributed by atoms with Crippen molar-refractivity contribution >= 4 is 11.7 Å². The molecule has 2 aromatic heterocycles.